The van der Waals surface area contributed by atoms with E-state index in [1.54, 1.807) is 13.0 Å². The van der Waals surface area contributed by atoms with Gasteiger partial charge in [-0.3, -0.25) is 5.32 Å². The standard InChI is InChI=1S/C10H17N3O2/c1-6(2)8(4)11-10(14)12-9-5-7(3)15-13-9/h5-6,8H,1-4H3,(H2,11,12,13,14)/t8-/m1/s1. The van der Waals surface area contributed by atoms with Crippen LogP contribution < -0.4 is 10.6 Å². The number of anilines is 1. The number of carbonyl (C=O) groups excluding carboxylic acids is 1. The predicted octanol–water partition coefficient (Wildman–Crippen LogP) is 2.15. The first-order chi connectivity index (χ1) is 6.99. The molecule has 0 saturated heterocycles. The number of urea groups is 1. The van der Waals surface area contributed by atoms with Crippen molar-refractivity contribution in [2.45, 2.75) is 33.7 Å². The summed E-state index contributed by atoms with van der Waals surface area (Å²) in [7, 11) is 0. The maximum absolute atomic E-state index is 11.4. The summed E-state index contributed by atoms with van der Waals surface area (Å²) in [6, 6.07) is 1.53. The summed E-state index contributed by atoms with van der Waals surface area (Å²) in [5.74, 6) is 1.50. The Morgan fingerprint density at radius 1 is 1.47 bits per heavy atom. The molecule has 0 aromatic carbocycles. The molecule has 5 nitrogen and oxygen atoms in total. The molecule has 0 saturated carbocycles. The molecule has 1 atom stereocenters. The molecular weight excluding hydrogens is 194 g/mol. The van der Waals surface area contributed by atoms with Gasteiger partial charge in [0.15, 0.2) is 5.82 Å². The van der Waals surface area contributed by atoms with E-state index in [-0.39, 0.29) is 12.1 Å². The average molecular weight is 211 g/mol. The fourth-order valence-corrected chi connectivity index (χ4v) is 0.951. The molecule has 1 heterocycles. The van der Waals surface area contributed by atoms with Gasteiger partial charge in [0.25, 0.3) is 0 Å². The molecule has 0 aliphatic rings. The van der Waals surface area contributed by atoms with E-state index in [4.69, 9.17) is 4.52 Å². The molecule has 2 N–H and O–H groups in total. The zero-order valence-corrected chi connectivity index (χ0v) is 9.50. The highest BCUT2D eigenvalue weighted by atomic mass is 16.5. The summed E-state index contributed by atoms with van der Waals surface area (Å²) in [5.41, 5.74) is 0. The van der Waals surface area contributed by atoms with E-state index < -0.39 is 0 Å². The molecule has 0 aliphatic carbocycles. The van der Waals surface area contributed by atoms with Crippen LogP contribution in [0.3, 0.4) is 0 Å². The van der Waals surface area contributed by atoms with Gasteiger partial charge in [0.2, 0.25) is 0 Å². The van der Waals surface area contributed by atoms with E-state index in [2.05, 4.69) is 15.8 Å². The number of hydrogen-bond acceptors (Lipinski definition) is 3. The van der Waals surface area contributed by atoms with Gasteiger partial charge in [-0.1, -0.05) is 19.0 Å². The molecule has 2 amide bonds. The number of hydrogen-bond donors (Lipinski definition) is 2. The van der Waals surface area contributed by atoms with Gasteiger partial charge < -0.3 is 9.84 Å². The Kier molecular flexibility index (Phi) is 3.71. The fraction of sp³-hybridized carbons (Fsp3) is 0.600. The second-order valence-electron chi connectivity index (χ2n) is 3.95. The second kappa shape index (κ2) is 4.82. The first-order valence-electron chi connectivity index (χ1n) is 5.00. The van der Waals surface area contributed by atoms with Crippen molar-refractivity contribution in [3.05, 3.63) is 11.8 Å². The van der Waals surface area contributed by atoms with E-state index in [0.717, 1.165) is 0 Å². The van der Waals surface area contributed by atoms with Gasteiger partial charge >= 0.3 is 6.03 Å². The Bertz CT molecular complexity index is 333. The van der Waals surface area contributed by atoms with Gasteiger partial charge in [0, 0.05) is 12.1 Å². The molecule has 0 unspecified atom stereocenters. The minimum atomic E-state index is -0.260. The minimum Gasteiger partial charge on any atom is -0.360 e. The monoisotopic (exact) mass is 211 g/mol. The lowest BCUT2D eigenvalue weighted by atomic mass is 10.1. The third-order valence-electron chi connectivity index (χ3n) is 2.23. The maximum Gasteiger partial charge on any atom is 0.320 e. The topological polar surface area (TPSA) is 67.2 Å². The van der Waals surface area contributed by atoms with Crippen LogP contribution in [0.2, 0.25) is 0 Å². The number of rotatable bonds is 3. The summed E-state index contributed by atoms with van der Waals surface area (Å²) in [5, 5.41) is 9.06. The molecule has 5 heteroatoms. The maximum atomic E-state index is 11.4. The number of carbonyl (C=O) groups is 1. The molecule has 84 valence electrons. The zero-order valence-electron chi connectivity index (χ0n) is 9.50. The quantitative estimate of drug-likeness (QED) is 0.805. The van der Waals surface area contributed by atoms with Crippen molar-refractivity contribution in [1.82, 2.24) is 10.5 Å². The van der Waals surface area contributed by atoms with Crippen molar-refractivity contribution in [1.29, 1.82) is 0 Å². The highest BCUT2D eigenvalue weighted by Crippen LogP contribution is 2.07. The predicted molar refractivity (Wildman–Crippen MR) is 57.7 cm³/mol. The third kappa shape index (κ3) is 3.61. The number of amides is 2. The van der Waals surface area contributed by atoms with E-state index in [9.17, 15) is 4.79 Å². The minimum absolute atomic E-state index is 0.123. The highest BCUT2D eigenvalue weighted by molar-refractivity contribution is 5.88. The van der Waals surface area contributed by atoms with Crippen LogP contribution in [0.15, 0.2) is 10.6 Å². The van der Waals surface area contributed by atoms with Crippen molar-refractivity contribution < 1.29 is 9.32 Å². The molecule has 0 radical (unpaired) electrons. The Balaban J connectivity index is 2.43. The summed E-state index contributed by atoms with van der Waals surface area (Å²) >= 11 is 0. The van der Waals surface area contributed by atoms with Crippen LogP contribution in [-0.4, -0.2) is 17.2 Å². The van der Waals surface area contributed by atoms with E-state index in [1.165, 1.54) is 0 Å². The third-order valence-corrected chi connectivity index (χ3v) is 2.23. The second-order valence-corrected chi connectivity index (χ2v) is 3.95. The van der Waals surface area contributed by atoms with Gasteiger partial charge in [-0.15, -0.1) is 0 Å². The highest BCUT2D eigenvalue weighted by Gasteiger charge is 2.11. The number of aromatic nitrogens is 1. The molecule has 15 heavy (non-hydrogen) atoms. The summed E-state index contributed by atoms with van der Waals surface area (Å²) < 4.78 is 4.83. The Hall–Kier alpha value is -1.52. The molecule has 1 aromatic rings. The normalized spacial score (nSPS) is 12.6. The molecule has 1 aromatic heterocycles. The van der Waals surface area contributed by atoms with Crippen molar-refractivity contribution >= 4 is 11.8 Å². The van der Waals surface area contributed by atoms with Gasteiger partial charge in [-0.05, 0) is 19.8 Å². The van der Waals surface area contributed by atoms with Crippen LogP contribution in [0.25, 0.3) is 0 Å². The largest absolute Gasteiger partial charge is 0.360 e. The summed E-state index contributed by atoms with van der Waals surface area (Å²) in [6.45, 7) is 7.82. The lowest BCUT2D eigenvalue weighted by molar-refractivity contribution is 0.245. The SMILES string of the molecule is Cc1cc(NC(=O)N[C@H](C)C(C)C)no1. The summed E-state index contributed by atoms with van der Waals surface area (Å²) in [6.07, 6.45) is 0. The van der Waals surface area contributed by atoms with E-state index in [1.807, 2.05) is 20.8 Å². The van der Waals surface area contributed by atoms with Gasteiger partial charge in [0.1, 0.15) is 5.76 Å². The molecule has 0 bridgehead atoms. The smallest absolute Gasteiger partial charge is 0.320 e. The lowest BCUT2D eigenvalue weighted by Gasteiger charge is -2.16. The number of nitrogens with zero attached hydrogens (tertiary/aromatic N) is 1. The van der Waals surface area contributed by atoms with Gasteiger partial charge in [-0.25, -0.2) is 4.79 Å². The first-order valence-corrected chi connectivity index (χ1v) is 5.00. The molecule has 0 fully saturated rings. The fourth-order valence-electron chi connectivity index (χ4n) is 0.951. The number of aryl methyl sites for hydroxylation is 1. The van der Waals surface area contributed by atoms with Crippen molar-refractivity contribution in [2.75, 3.05) is 5.32 Å². The molecule has 0 aliphatic heterocycles. The van der Waals surface area contributed by atoms with Gasteiger partial charge in [0.05, 0.1) is 0 Å². The van der Waals surface area contributed by atoms with Crippen molar-refractivity contribution in [2.24, 2.45) is 5.92 Å². The van der Waals surface area contributed by atoms with E-state index >= 15 is 0 Å². The number of nitrogens with one attached hydrogen (secondary N) is 2. The van der Waals surface area contributed by atoms with Crippen molar-refractivity contribution in [3.8, 4) is 0 Å². The van der Waals surface area contributed by atoms with Crippen molar-refractivity contribution in [3.63, 3.8) is 0 Å². The lowest BCUT2D eigenvalue weighted by Crippen LogP contribution is -2.39. The average Bonchev–Trinajstić information content (AvgIpc) is 2.50. The van der Waals surface area contributed by atoms with Crippen LogP contribution in [0.5, 0.6) is 0 Å². The molecular formula is C10H17N3O2. The van der Waals surface area contributed by atoms with E-state index in [0.29, 0.717) is 17.5 Å². The first kappa shape index (κ1) is 11.6. The van der Waals surface area contributed by atoms with Crippen LogP contribution >= 0.6 is 0 Å². The van der Waals surface area contributed by atoms with Crippen LogP contribution in [0.1, 0.15) is 26.5 Å². The zero-order chi connectivity index (χ0) is 11.4. The summed E-state index contributed by atoms with van der Waals surface area (Å²) in [4.78, 5) is 11.4. The Labute approximate surface area is 89.2 Å². The van der Waals surface area contributed by atoms with Crippen LogP contribution in [0, 0.1) is 12.8 Å². The van der Waals surface area contributed by atoms with Crippen LogP contribution in [-0.2, 0) is 0 Å². The van der Waals surface area contributed by atoms with Crippen LogP contribution in [0.4, 0.5) is 10.6 Å². The molecule has 1 rings (SSSR count). The molecule has 0 spiro atoms. The Morgan fingerprint density at radius 2 is 2.13 bits per heavy atom. The Morgan fingerprint density at radius 3 is 2.60 bits per heavy atom. The van der Waals surface area contributed by atoms with Gasteiger partial charge in [-0.2, -0.15) is 0 Å².